The lowest BCUT2D eigenvalue weighted by Crippen LogP contribution is -2.42. The Balaban J connectivity index is 0.000000136. The second-order valence-electron chi connectivity index (χ2n) is 34.1. The number of hydrogen-bond donors (Lipinski definition) is 22. The number of carbonyl (C=O) groups excluding carboxylic acids is 2. The molecule has 55 heteroatoms. The third kappa shape index (κ3) is 20.9. The van der Waals surface area contributed by atoms with Gasteiger partial charge in [0.15, 0.2) is 71.7 Å². The lowest BCUT2D eigenvalue weighted by molar-refractivity contribution is -0.152. The molecule has 0 amide bonds. The minimum atomic E-state index is -1.37. The molecule has 2 saturated carbocycles. The maximum absolute atomic E-state index is 12.6. The van der Waals surface area contributed by atoms with Crippen molar-refractivity contribution >= 4 is 157 Å². The number of methoxy groups -OCH3 is 1. The number of nitrogen functional groups attached to an aromatic ring is 5. The highest BCUT2D eigenvalue weighted by Gasteiger charge is 2.55. The number of nitrogens with one attached hydrogen (secondary N) is 2. The number of aromatic nitrogens is 11. The SMILES string of the molecule is C=C1Sc2c(N(C)C)nc(N)nc2N1[C@@H]1O[C@H](COC(=O)[C@@H](N)C(C)CC)[C@@H](O)[C@H]1O.C=C1Sc2c(N3CCCC3)nc(N)nc2N1[C@@H]1O[C@H](CO)[C@@H](O)[C@H]1O.C=C1Sc2c(NC3CC3)nc(N)nc2N1[C@@H]1O[C@H](CO)[C@@H](O)[C@H]1O.C=C1Sc2c(OC)nc(N)nc2N1[C@@H]1O[C@H](COC(=O)[C@@H](N)C(C)C)[C@@H](O)[C@H]1O.Nc1nc(NC2CCCC2)c2sc(=O)n([C@@H]3O[C@H](CO)[C@@H](O)[C@H]3O)c2n1. The molecule has 10 aliphatic heterocycles. The molecule has 0 aromatic carbocycles. The summed E-state index contributed by atoms with van der Waals surface area (Å²) in [6.07, 6.45) is -12.8. The van der Waals surface area contributed by atoms with Crippen LogP contribution in [0.4, 0.5) is 76.3 Å². The minimum Gasteiger partial charge on any atom is -0.480 e. The van der Waals surface area contributed by atoms with Crippen molar-refractivity contribution in [2.24, 2.45) is 23.3 Å². The first-order chi connectivity index (χ1) is 64.2. The number of nitrogens with two attached hydrogens (primary N) is 7. The standard InChI is InChI=1S/C19H30N6O5S.C17H25N5O6S.C15H21N5O5S.C15H21N5O4S.C14H19N5O4S/c1-6-8(2)11(20)18(28)29-7-10-12(26)13(27)17(30-10)25-9(3)31-14-15(24(4)5)22-19(21)23-16(14)25;1-6(2)9(18)16(25)27-5-8-10(23)11(24)15(28-8)22-7(3)29-12-13(22)20-17(19)21-14(12)26-4;16-14-18-11(17-6-3-1-2-4-6)10-12(19-14)20(15(24)26-10)13-9(23)8(22)7(5-21)25-13;1-7-20(14-10(23)9(22)8(6-21)24-14)13-11(25-7)12(17-15(16)18-13)19-4-2-3-5-19;1-5-19(13-9(22)8(21)7(4-20)23-13)12-10(24-5)11(16-6-2-3-6)17-14(15)18-12/h8,10-13,17,26-27H,3,6-7,20H2,1-2,4-5H3,(H2,21,22,23);6,8-11,15,23-24H,3,5,18H2,1-2,4H3,(H2,19,20,21);6-9,13,21-23H,1-5H2,(H3,16,17,18,19);8-10,14,21-23H,1-6H2,(H2,16,17,18);6-9,13,20-22H,1-4H2,(H3,15,16,17,18)/t8?,10-,11+,12-,13-,17-;8-,9+,10-,11-,15-;7-,8-,9-,13-;8-,9-,10-,14-;7-,8-,9-,13-/m11111/s1. The van der Waals surface area contributed by atoms with Gasteiger partial charge in [-0.3, -0.25) is 38.6 Å². The molecule has 12 aliphatic rings. The van der Waals surface area contributed by atoms with Gasteiger partial charge in [-0.05, 0) is 50.4 Å². The second-order valence-corrected chi connectivity index (χ2v) is 39.4. The summed E-state index contributed by atoms with van der Waals surface area (Å²) in [6, 6.07) is -0.898. The van der Waals surface area contributed by atoms with Crippen molar-refractivity contribution in [3.8, 4) is 5.88 Å². The predicted molar refractivity (Wildman–Crippen MR) is 499 cm³/mol. The Kier molecular flexibility index (Phi) is 32.1. The highest BCUT2D eigenvalue weighted by atomic mass is 32.2. The first-order valence-corrected chi connectivity index (χ1v) is 47.6. The Hall–Kier alpha value is -9.21. The monoisotopic (exact) mass is 1980 g/mol. The Labute approximate surface area is 794 Å². The number of aliphatic hydroxyl groups excluding tert-OH is 13. The number of nitrogens with zero attached hydrogens (tertiary/aromatic N) is 17. The molecule has 740 valence electrons. The number of hydrogen-bond acceptors (Lipinski definition) is 54. The molecule has 18 rings (SSSR count). The number of esters is 2. The molecular formula is C80H116N26O24S5. The van der Waals surface area contributed by atoms with Crippen LogP contribution < -0.4 is 89.8 Å². The van der Waals surface area contributed by atoms with Gasteiger partial charge in [-0.15, -0.1) is 0 Å². The highest BCUT2D eigenvalue weighted by Crippen LogP contribution is 2.56. The molecule has 135 heavy (non-hydrogen) atoms. The van der Waals surface area contributed by atoms with E-state index < -0.39 is 165 Å². The van der Waals surface area contributed by atoms with Gasteiger partial charge in [-0.25, -0.2) is 0 Å². The Morgan fingerprint density at radius 2 is 0.844 bits per heavy atom. The number of fused-ring (bicyclic) bond motifs is 5. The molecule has 23 atom stereocenters. The van der Waals surface area contributed by atoms with Crippen molar-refractivity contribution in [1.82, 2.24) is 54.4 Å². The zero-order chi connectivity index (χ0) is 97.6. The fourth-order valence-electron chi connectivity index (χ4n) is 16.3. The van der Waals surface area contributed by atoms with Crippen LogP contribution in [0.1, 0.15) is 91.7 Å². The van der Waals surface area contributed by atoms with Crippen LogP contribution in [0, 0.1) is 11.8 Å². The van der Waals surface area contributed by atoms with Gasteiger partial charge in [0, 0.05) is 39.3 Å². The summed E-state index contributed by atoms with van der Waals surface area (Å²) in [7, 11) is 5.10. The number of carbonyl (C=O) groups is 2. The fraction of sp³-hybridized carbons (Fsp3) is 0.613. The van der Waals surface area contributed by atoms with Gasteiger partial charge in [-0.2, -0.15) is 49.8 Å². The first-order valence-electron chi connectivity index (χ1n) is 43.5. The lowest BCUT2D eigenvalue weighted by Gasteiger charge is -2.28. The number of anilines is 13. The molecule has 6 aromatic heterocycles. The van der Waals surface area contributed by atoms with Crippen LogP contribution in [-0.2, 0) is 42.7 Å². The highest BCUT2D eigenvalue weighted by molar-refractivity contribution is 8.04. The number of rotatable bonds is 24. The predicted octanol–water partition coefficient (Wildman–Crippen LogP) is -2.37. The van der Waals surface area contributed by atoms with Crippen molar-refractivity contribution < 1.29 is 114 Å². The van der Waals surface area contributed by atoms with Gasteiger partial charge in [-0.1, -0.05) is 132 Å². The summed E-state index contributed by atoms with van der Waals surface area (Å²) >= 11 is 6.22. The molecule has 8 fully saturated rings. The Morgan fingerprint density at radius 3 is 1.30 bits per heavy atom. The third-order valence-electron chi connectivity index (χ3n) is 24.2. The van der Waals surface area contributed by atoms with Crippen molar-refractivity contribution in [3.05, 3.63) is 56.1 Å². The average molecular weight is 1990 g/mol. The van der Waals surface area contributed by atoms with Gasteiger partial charge in [0.25, 0.3) is 0 Å². The van der Waals surface area contributed by atoms with Crippen LogP contribution in [0.5, 0.6) is 5.88 Å². The summed E-state index contributed by atoms with van der Waals surface area (Å²) in [4.78, 5) is 91.8. The first kappa shape index (κ1) is 102. The maximum Gasteiger partial charge on any atom is 0.323 e. The van der Waals surface area contributed by atoms with E-state index in [1.54, 1.807) is 33.4 Å². The topological polar surface area (TPSA) is 748 Å². The third-order valence-corrected chi connectivity index (χ3v) is 29.1. The van der Waals surface area contributed by atoms with E-state index in [-0.39, 0.29) is 79.0 Å². The largest absolute Gasteiger partial charge is 0.480 e. The van der Waals surface area contributed by atoms with Crippen molar-refractivity contribution in [2.75, 3.05) is 136 Å². The van der Waals surface area contributed by atoms with E-state index in [4.69, 9.17) is 78.0 Å². The van der Waals surface area contributed by atoms with Crippen molar-refractivity contribution in [1.29, 1.82) is 0 Å². The van der Waals surface area contributed by atoms with Crippen LogP contribution in [0.25, 0.3) is 10.3 Å². The van der Waals surface area contributed by atoms with Crippen LogP contribution in [-0.4, -0.2) is 341 Å². The number of ether oxygens (including phenoxy) is 8. The smallest absolute Gasteiger partial charge is 0.323 e. The van der Waals surface area contributed by atoms with Crippen molar-refractivity contribution in [3.63, 3.8) is 0 Å². The van der Waals surface area contributed by atoms with Gasteiger partial charge in [0.05, 0.1) is 61.7 Å². The molecular weight excluding hydrogens is 1870 g/mol. The van der Waals surface area contributed by atoms with E-state index in [0.29, 0.717) is 81.4 Å². The van der Waals surface area contributed by atoms with E-state index in [0.717, 1.165) is 97.8 Å². The van der Waals surface area contributed by atoms with E-state index in [2.05, 4.69) is 91.7 Å². The zero-order valence-electron chi connectivity index (χ0n) is 74.6. The molecule has 29 N–H and O–H groups in total. The van der Waals surface area contributed by atoms with Gasteiger partial charge < -0.3 is 165 Å². The average Bonchev–Trinajstić information content (AvgIpc) is 1.61. The number of thiazole rings is 1. The molecule has 6 saturated heterocycles. The summed E-state index contributed by atoms with van der Waals surface area (Å²) in [5, 5.41) is 140. The molecule has 50 nitrogen and oxygen atoms in total. The molecule has 2 aliphatic carbocycles. The van der Waals surface area contributed by atoms with E-state index >= 15 is 0 Å². The summed E-state index contributed by atoms with van der Waals surface area (Å²) in [6.45, 7) is 23.4. The lowest BCUT2D eigenvalue weighted by atomic mass is 10.0. The van der Waals surface area contributed by atoms with E-state index in [1.807, 2.05) is 27.9 Å². The summed E-state index contributed by atoms with van der Waals surface area (Å²) < 4.78 is 45.7. The maximum atomic E-state index is 12.6. The normalized spacial score (nSPS) is 29.5. The van der Waals surface area contributed by atoms with E-state index in [1.165, 1.54) is 63.6 Å². The fourth-order valence-corrected chi connectivity index (χ4v) is 21.3. The van der Waals surface area contributed by atoms with Crippen LogP contribution in [0.2, 0.25) is 0 Å². The zero-order valence-corrected chi connectivity index (χ0v) is 78.7. The summed E-state index contributed by atoms with van der Waals surface area (Å²) in [5.74, 6) is 3.47. The van der Waals surface area contributed by atoms with Crippen LogP contribution >= 0.6 is 58.4 Å². The quantitative estimate of drug-likeness (QED) is 0.0282. The molecule has 1 unspecified atom stereocenters. The number of aliphatic hydroxyl groups is 13. The van der Waals surface area contributed by atoms with Gasteiger partial charge in [0.1, 0.15) is 138 Å². The second kappa shape index (κ2) is 42.6. The van der Waals surface area contributed by atoms with Gasteiger partial charge >= 0.3 is 16.8 Å². The molecule has 0 bridgehead atoms. The Morgan fingerprint density at radius 1 is 0.474 bits per heavy atom. The molecule has 0 radical (unpaired) electrons. The minimum absolute atomic E-state index is 0.00343. The van der Waals surface area contributed by atoms with Crippen molar-refractivity contribution in [2.45, 2.75) is 252 Å². The van der Waals surface area contributed by atoms with Crippen LogP contribution in [0.3, 0.4) is 0 Å². The van der Waals surface area contributed by atoms with E-state index in [9.17, 15) is 80.8 Å². The van der Waals surface area contributed by atoms with Gasteiger partial charge in [0.2, 0.25) is 35.6 Å². The van der Waals surface area contributed by atoms with Crippen LogP contribution in [0.15, 0.2) is 70.8 Å². The summed E-state index contributed by atoms with van der Waals surface area (Å²) in [5.41, 5.74) is 41.1. The number of thioether (sulfide) groups is 4. The molecule has 6 aromatic rings. The molecule has 16 heterocycles. The Bertz CT molecular complexity index is 5400. The molecule has 0 spiro atoms.